The minimum absolute atomic E-state index is 0.0974. The van der Waals surface area contributed by atoms with Crippen molar-refractivity contribution in [3.8, 4) is 0 Å². The molecule has 0 fully saturated rings. The summed E-state index contributed by atoms with van der Waals surface area (Å²) in [6.45, 7) is 2.52. The fraction of sp³-hybridized carbons (Fsp3) is 0.208. The molecule has 36 heavy (non-hydrogen) atoms. The lowest BCUT2D eigenvalue weighted by atomic mass is 10.2. The topological polar surface area (TPSA) is 159 Å². The van der Waals surface area contributed by atoms with Gasteiger partial charge in [-0.25, -0.2) is 14.2 Å². The first-order valence-electron chi connectivity index (χ1n) is 10.8. The van der Waals surface area contributed by atoms with E-state index in [9.17, 15) is 19.1 Å². The lowest BCUT2D eigenvalue weighted by Crippen LogP contribution is -2.21. The van der Waals surface area contributed by atoms with Crippen molar-refractivity contribution in [1.82, 2.24) is 5.01 Å². The van der Waals surface area contributed by atoms with E-state index >= 15 is 0 Å². The van der Waals surface area contributed by atoms with Crippen molar-refractivity contribution >= 4 is 35.1 Å². The zero-order valence-corrected chi connectivity index (χ0v) is 20.1. The highest BCUT2D eigenvalue weighted by Crippen LogP contribution is 2.16. The van der Waals surface area contributed by atoms with Gasteiger partial charge in [-0.2, -0.15) is 0 Å². The van der Waals surface area contributed by atoms with E-state index in [0.29, 0.717) is 29.6 Å². The number of pyridine rings is 1. The molecule has 3 aromatic rings. The van der Waals surface area contributed by atoms with Crippen LogP contribution >= 0.6 is 0 Å². The number of nitrogens with two attached hydrogens (primary N) is 1. The van der Waals surface area contributed by atoms with Crippen LogP contribution < -0.4 is 26.5 Å². The molecule has 0 saturated heterocycles. The maximum Gasteiger partial charge on any atom is 0.411 e. The van der Waals surface area contributed by atoms with Crippen LogP contribution in [0.15, 0.2) is 71.0 Å². The quantitative estimate of drug-likeness (QED) is 0.319. The first-order chi connectivity index (χ1) is 17.2. The lowest BCUT2D eigenvalue weighted by molar-refractivity contribution is -0.342. The molecule has 190 valence electrons. The second-order valence-electron chi connectivity index (χ2n) is 7.40. The Morgan fingerprint density at radius 3 is 2.47 bits per heavy atom. The molecule has 3 rings (SSSR count). The smallest absolute Gasteiger partial charge is 0.411 e. The van der Waals surface area contributed by atoms with Crippen LogP contribution in [0.3, 0.4) is 0 Å². The second-order valence-corrected chi connectivity index (χ2v) is 7.40. The molecule has 1 aromatic heterocycles. The summed E-state index contributed by atoms with van der Waals surface area (Å²) in [6, 6.07) is 15.7. The van der Waals surface area contributed by atoms with Crippen molar-refractivity contribution in [2.75, 3.05) is 37.1 Å². The maximum absolute atomic E-state index is 12.8. The lowest BCUT2D eigenvalue weighted by Gasteiger charge is -2.07. The zero-order chi connectivity index (χ0) is 26.5. The molecule has 0 aliphatic heterocycles. The fourth-order valence-corrected chi connectivity index (χ4v) is 2.64. The van der Waals surface area contributed by atoms with E-state index in [-0.39, 0.29) is 18.0 Å². The van der Waals surface area contributed by atoms with Crippen LogP contribution in [-0.2, 0) is 11.3 Å². The van der Waals surface area contributed by atoms with Gasteiger partial charge in [0.2, 0.25) is 11.6 Å². The Hall–Kier alpha value is -4.74. The summed E-state index contributed by atoms with van der Waals surface area (Å²) in [5.74, 6) is -0.505. The normalized spacial score (nSPS) is 10.2. The Morgan fingerprint density at radius 1 is 1.14 bits per heavy atom. The number of anilines is 3. The molecule has 2 aromatic carbocycles. The molecule has 1 amide bonds. The number of carboxylic acids is 1. The molecular weight excluding hydrogens is 469 g/mol. The highest BCUT2D eigenvalue weighted by molar-refractivity contribution is 5.87. The van der Waals surface area contributed by atoms with E-state index in [1.54, 1.807) is 57.4 Å². The van der Waals surface area contributed by atoms with Gasteiger partial charge in [0, 0.05) is 20.2 Å². The minimum Gasteiger partial charge on any atom is -0.545 e. The number of aromatic carboxylic acids is 1. The van der Waals surface area contributed by atoms with E-state index in [1.807, 2.05) is 0 Å². The van der Waals surface area contributed by atoms with Gasteiger partial charge in [-0.1, -0.05) is 29.5 Å². The third-order valence-electron chi connectivity index (χ3n) is 4.31. The van der Waals surface area contributed by atoms with Crippen LogP contribution in [0.1, 0.15) is 22.8 Å². The fourth-order valence-electron chi connectivity index (χ4n) is 2.64. The van der Waals surface area contributed by atoms with Gasteiger partial charge in [-0.3, -0.25) is 10.3 Å². The Kier molecular flexibility index (Phi) is 10.6. The van der Waals surface area contributed by atoms with Crippen molar-refractivity contribution in [2.24, 2.45) is 10.3 Å². The van der Waals surface area contributed by atoms with Crippen LogP contribution in [0, 0.1) is 5.82 Å². The third-order valence-corrected chi connectivity index (χ3v) is 4.31. The van der Waals surface area contributed by atoms with Gasteiger partial charge >= 0.3 is 6.09 Å². The number of nitrogen functional groups attached to an aromatic ring is 1. The minimum atomic E-state index is -1.22. The van der Waals surface area contributed by atoms with Gasteiger partial charge in [0.25, 0.3) is 0 Å². The monoisotopic (exact) mass is 497 g/mol. The van der Waals surface area contributed by atoms with E-state index < -0.39 is 12.1 Å². The molecule has 12 heteroatoms. The summed E-state index contributed by atoms with van der Waals surface area (Å²) in [5.41, 5.74) is 7.79. The number of carboxylic acid groups (broad SMARTS) is 1. The summed E-state index contributed by atoms with van der Waals surface area (Å²) in [6.07, 6.45) is -0.561. The molecule has 0 bridgehead atoms. The highest BCUT2D eigenvalue weighted by atomic mass is 19.1. The molecule has 0 aliphatic carbocycles. The van der Waals surface area contributed by atoms with Crippen LogP contribution in [0.2, 0.25) is 0 Å². The Labute approximate surface area is 207 Å². The average Bonchev–Trinajstić information content (AvgIpc) is 2.84. The summed E-state index contributed by atoms with van der Waals surface area (Å²) in [5, 5.41) is 25.2. The zero-order valence-electron chi connectivity index (χ0n) is 20.1. The number of nitrogens with one attached hydrogen (secondary N) is 3. The maximum atomic E-state index is 12.8. The molecule has 0 atom stereocenters. The Balaban J connectivity index is 0.000000281. The summed E-state index contributed by atoms with van der Waals surface area (Å²) < 4.78 is 17.6. The van der Waals surface area contributed by atoms with Crippen molar-refractivity contribution in [1.29, 1.82) is 0 Å². The Bertz CT molecular complexity index is 1190. The highest BCUT2D eigenvalue weighted by Gasteiger charge is 2.10. The van der Waals surface area contributed by atoms with Crippen molar-refractivity contribution in [3.63, 3.8) is 0 Å². The number of benzene rings is 2. The number of nitrogens with zero attached hydrogens (tertiary/aromatic N) is 3. The molecule has 0 saturated carbocycles. The van der Waals surface area contributed by atoms with Gasteiger partial charge in [-0.05, 0) is 48.4 Å². The number of hydrogen-bond acceptors (Lipinski definition) is 8. The predicted octanol–water partition coefficient (Wildman–Crippen LogP) is 3.01. The SMILES string of the molecule is CCOC(=O)Nc1ccc(NCc2ccc(F)cc2)[nH+]c1N.CN(C)N=Nc1cccc(C(=O)[O-])c1. The number of ether oxygens (including phenoxy) is 1. The number of carbonyl (C=O) groups is 2. The van der Waals surface area contributed by atoms with Crippen molar-refractivity contribution in [3.05, 3.63) is 77.6 Å². The van der Waals surface area contributed by atoms with E-state index in [4.69, 9.17) is 10.5 Å². The van der Waals surface area contributed by atoms with Crippen molar-refractivity contribution in [2.45, 2.75) is 13.5 Å². The molecule has 0 aliphatic rings. The number of hydrogen-bond donors (Lipinski definition) is 3. The average molecular weight is 498 g/mol. The number of amides is 1. The van der Waals surface area contributed by atoms with Crippen LogP contribution in [-0.4, -0.2) is 37.8 Å². The standard InChI is InChI=1S/C15H17FN4O2.C9H11N3O2/c1-2-22-15(21)19-12-7-8-13(20-14(12)17)18-9-10-3-5-11(16)6-4-10;1-12(2)11-10-8-5-3-4-7(6-8)9(13)14/h3-8H,2,9H2,1H3,(H,19,21)(H3,17,18,20);3-6H,1-2H3,(H,13,14). The second kappa shape index (κ2) is 13.8. The number of aromatic nitrogens is 1. The van der Waals surface area contributed by atoms with Gasteiger partial charge in [0.1, 0.15) is 11.5 Å². The predicted molar refractivity (Wildman–Crippen MR) is 131 cm³/mol. The third kappa shape index (κ3) is 9.63. The Morgan fingerprint density at radius 2 is 1.86 bits per heavy atom. The molecule has 1 heterocycles. The molecule has 11 nitrogen and oxygen atoms in total. The first kappa shape index (κ1) is 27.5. The molecule has 5 N–H and O–H groups in total. The first-order valence-corrected chi connectivity index (χ1v) is 10.8. The van der Waals surface area contributed by atoms with Gasteiger partial charge in [-0.15, -0.1) is 5.11 Å². The summed E-state index contributed by atoms with van der Waals surface area (Å²) in [7, 11) is 3.46. The number of aromatic amines is 1. The van der Waals surface area contributed by atoms with E-state index in [0.717, 1.165) is 5.56 Å². The van der Waals surface area contributed by atoms with Gasteiger partial charge < -0.3 is 25.7 Å². The van der Waals surface area contributed by atoms with E-state index in [2.05, 4.69) is 26.0 Å². The van der Waals surface area contributed by atoms with E-state index in [1.165, 1.54) is 29.3 Å². The summed E-state index contributed by atoms with van der Waals surface area (Å²) >= 11 is 0. The largest absolute Gasteiger partial charge is 0.545 e. The van der Waals surface area contributed by atoms with Gasteiger partial charge in [0.05, 0.1) is 24.8 Å². The molecule has 0 unspecified atom stereocenters. The molecule has 0 spiro atoms. The summed E-state index contributed by atoms with van der Waals surface area (Å²) in [4.78, 5) is 24.8. The molecular formula is C24H28FN7O4. The number of carbonyl (C=O) groups excluding carboxylic acids is 2. The number of rotatable bonds is 8. The van der Waals surface area contributed by atoms with Crippen LogP contribution in [0.4, 0.5) is 32.2 Å². The number of halogens is 1. The van der Waals surface area contributed by atoms with Crippen LogP contribution in [0.5, 0.6) is 0 Å². The van der Waals surface area contributed by atoms with Crippen LogP contribution in [0.25, 0.3) is 0 Å². The molecule has 0 radical (unpaired) electrons. The van der Waals surface area contributed by atoms with Gasteiger partial charge in [0.15, 0.2) is 0 Å². The number of H-pyrrole nitrogens is 1. The van der Waals surface area contributed by atoms with Crippen molar-refractivity contribution < 1.29 is 28.8 Å².